The number of nitrogens with one attached hydrogen (secondary N) is 1. The summed E-state index contributed by atoms with van der Waals surface area (Å²) in [6, 6.07) is 7.19. The fourth-order valence-corrected chi connectivity index (χ4v) is 4.99. The minimum absolute atomic E-state index is 0.0422. The minimum atomic E-state index is -5.08. The number of nitrogens with zero attached hydrogens (tertiary/aromatic N) is 2. The molecule has 0 radical (unpaired) electrons. The Morgan fingerprint density at radius 2 is 1.67 bits per heavy atom. The van der Waals surface area contributed by atoms with Crippen molar-refractivity contribution in [3.8, 4) is 0 Å². The van der Waals surface area contributed by atoms with Gasteiger partial charge in [-0.1, -0.05) is 26.0 Å². The zero-order valence-corrected chi connectivity index (χ0v) is 19.5. The third-order valence-corrected chi connectivity index (χ3v) is 7.33. The lowest BCUT2D eigenvalue weighted by molar-refractivity contribution is -0.192. The molecule has 1 amide bonds. The van der Waals surface area contributed by atoms with Gasteiger partial charge in [0.05, 0.1) is 4.90 Å². The zero-order valence-electron chi connectivity index (χ0n) is 18.6. The smallest absolute Gasteiger partial charge is 0.475 e. The number of carbonyl (C=O) groups excluding carboxylic acids is 1. The molecule has 1 aliphatic heterocycles. The van der Waals surface area contributed by atoms with E-state index in [0.717, 1.165) is 31.5 Å². The van der Waals surface area contributed by atoms with E-state index in [-0.39, 0.29) is 24.9 Å². The van der Waals surface area contributed by atoms with E-state index in [2.05, 4.69) is 19.2 Å². The summed E-state index contributed by atoms with van der Waals surface area (Å²) in [7, 11) is -3.56. The Bertz CT molecular complexity index is 910. The first kappa shape index (κ1) is 27.1. The summed E-state index contributed by atoms with van der Waals surface area (Å²) in [5, 5.41) is 10.3. The van der Waals surface area contributed by atoms with E-state index in [1.807, 2.05) is 17.0 Å². The van der Waals surface area contributed by atoms with Crippen molar-refractivity contribution in [3.63, 3.8) is 0 Å². The van der Waals surface area contributed by atoms with Gasteiger partial charge in [-0.05, 0) is 36.5 Å². The third kappa shape index (κ3) is 7.97. The predicted molar refractivity (Wildman–Crippen MR) is 115 cm³/mol. The number of halogens is 3. The molecule has 1 aliphatic carbocycles. The predicted octanol–water partition coefficient (Wildman–Crippen LogP) is 2.42. The van der Waals surface area contributed by atoms with Gasteiger partial charge in [0, 0.05) is 45.2 Å². The minimum Gasteiger partial charge on any atom is -0.475 e. The average molecular weight is 494 g/mol. The van der Waals surface area contributed by atoms with Crippen LogP contribution in [0.2, 0.25) is 0 Å². The lowest BCUT2D eigenvalue weighted by Gasteiger charge is -2.29. The molecule has 8 nitrogen and oxygen atoms in total. The number of carboxylic acids is 1. The van der Waals surface area contributed by atoms with Crippen molar-refractivity contribution < 1.29 is 36.3 Å². The van der Waals surface area contributed by atoms with Crippen molar-refractivity contribution >= 4 is 21.9 Å². The van der Waals surface area contributed by atoms with Crippen molar-refractivity contribution in [1.82, 2.24) is 14.5 Å². The normalized spacial score (nSPS) is 17.0. The van der Waals surface area contributed by atoms with Gasteiger partial charge in [-0.2, -0.15) is 17.5 Å². The zero-order chi connectivity index (χ0) is 24.8. The molecular weight excluding hydrogens is 463 g/mol. The van der Waals surface area contributed by atoms with Crippen LogP contribution in [0.25, 0.3) is 0 Å². The van der Waals surface area contributed by atoms with Crippen molar-refractivity contribution in [2.45, 2.75) is 56.1 Å². The van der Waals surface area contributed by atoms with Gasteiger partial charge in [-0.3, -0.25) is 4.79 Å². The Morgan fingerprint density at radius 1 is 1.15 bits per heavy atom. The topological polar surface area (TPSA) is 107 Å². The van der Waals surface area contributed by atoms with Crippen LogP contribution >= 0.6 is 0 Å². The first-order valence-electron chi connectivity index (χ1n) is 10.7. The Morgan fingerprint density at radius 3 is 2.09 bits per heavy atom. The van der Waals surface area contributed by atoms with Crippen LogP contribution in [0.4, 0.5) is 13.2 Å². The van der Waals surface area contributed by atoms with E-state index < -0.39 is 22.2 Å². The molecule has 186 valence electrons. The van der Waals surface area contributed by atoms with Crippen LogP contribution in [0.15, 0.2) is 29.2 Å². The number of sulfonamides is 1. The molecule has 0 bridgehead atoms. The molecule has 0 atom stereocenters. The highest BCUT2D eigenvalue weighted by Gasteiger charge is 2.39. The van der Waals surface area contributed by atoms with Crippen LogP contribution in [0.3, 0.4) is 0 Å². The maximum absolute atomic E-state index is 13.1. The summed E-state index contributed by atoms with van der Waals surface area (Å²) >= 11 is 0. The molecule has 0 unspecified atom stereocenters. The number of aliphatic carboxylic acids is 1. The largest absolute Gasteiger partial charge is 0.490 e. The number of carboxylic acid groups (broad SMARTS) is 1. The summed E-state index contributed by atoms with van der Waals surface area (Å²) in [5.74, 6) is -2.35. The average Bonchev–Trinajstić information content (AvgIpc) is 3.59. The van der Waals surface area contributed by atoms with Gasteiger partial charge in [0.15, 0.2) is 0 Å². The molecule has 1 aromatic rings. The quantitative estimate of drug-likeness (QED) is 0.604. The van der Waals surface area contributed by atoms with Crippen molar-refractivity contribution in [2.24, 2.45) is 0 Å². The second-order valence-electron chi connectivity index (χ2n) is 8.25. The molecule has 1 aromatic carbocycles. The standard InChI is InChI=1S/C19H29N3O3S.C2HF3O2/c1-15(2)16-3-7-18(8-4-16)26(24,25)22(17-5-6-17)12-9-19(23)21-13-10-20-11-14-21;3-2(4,5)1(6)7/h3-4,7-8,15,17,20H,5-6,9-14H2,1-2H3;(H,6,7). The van der Waals surface area contributed by atoms with Crippen molar-refractivity contribution in [3.05, 3.63) is 29.8 Å². The molecule has 33 heavy (non-hydrogen) atoms. The van der Waals surface area contributed by atoms with Gasteiger partial charge in [0.2, 0.25) is 15.9 Å². The Balaban J connectivity index is 0.000000479. The molecule has 3 rings (SSSR count). The lowest BCUT2D eigenvalue weighted by atomic mass is 10.0. The summed E-state index contributed by atoms with van der Waals surface area (Å²) in [6.07, 6.45) is -3.07. The number of piperazine rings is 1. The van der Waals surface area contributed by atoms with Crippen LogP contribution in [-0.4, -0.2) is 79.5 Å². The van der Waals surface area contributed by atoms with E-state index >= 15 is 0 Å². The van der Waals surface area contributed by atoms with E-state index in [4.69, 9.17) is 9.90 Å². The number of benzene rings is 1. The molecule has 2 fully saturated rings. The highest BCUT2D eigenvalue weighted by Crippen LogP contribution is 2.32. The fourth-order valence-electron chi connectivity index (χ4n) is 3.30. The summed E-state index contributed by atoms with van der Waals surface area (Å²) < 4.78 is 59.4. The van der Waals surface area contributed by atoms with Gasteiger partial charge in [-0.25, -0.2) is 13.2 Å². The molecule has 1 saturated heterocycles. The van der Waals surface area contributed by atoms with Crippen LogP contribution in [0.5, 0.6) is 0 Å². The van der Waals surface area contributed by atoms with E-state index in [1.165, 1.54) is 4.31 Å². The van der Waals surface area contributed by atoms with Crippen LogP contribution < -0.4 is 5.32 Å². The first-order valence-corrected chi connectivity index (χ1v) is 12.2. The maximum atomic E-state index is 13.1. The van der Waals surface area contributed by atoms with Gasteiger partial charge in [0.1, 0.15) is 0 Å². The number of rotatable bonds is 7. The fraction of sp³-hybridized carbons (Fsp3) is 0.619. The van der Waals surface area contributed by atoms with E-state index in [1.54, 1.807) is 12.1 Å². The lowest BCUT2D eigenvalue weighted by Crippen LogP contribution is -2.47. The molecule has 0 aromatic heterocycles. The molecule has 12 heteroatoms. The van der Waals surface area contributed by atoms with E-state index in [0.29, 0.717) is 23.9 Å². The third-order valence-electron chi connectivity index (χ3n) is 5.37. The second-order valence-corrected chi connectivity index (χ2v) is 10.1. The first-order chi connectivity index (χ1) is 15.3. The van der Waals surface area contributed by atoms with Gasteiger partial charge >= 0.3 is 12.1 Å². The van der Waals surface area contributed by atoms with Crippen molar-refractivity contribution in [2.75, 3.05) is 32.7 Å². The monoisotopic (exact) mass is 493 g/mol. The highest BCUT2D eigenvalue weighted by molar-refractivity contribution is 7.89. The van der Waals surface area contributed by atoms with Gasteiger partial charge < -0.3 is 15.3 Å². The Hall–Kier alpha value is -2.18. The number of alkyl halides is 3. The second kappa shape index (κ2) is 11.3. The van der Waals surface area contributed by atoms with Crippen LogP contribution in [0, 0.1) is 0 Å². The van der Waals surface area contributed by atoms with Gasteiger partial charge in [0.25, 0.3) is 0 Å². The SMILES string of the molecule is CC(C)c1ccc(S(=O)(=O)N(CCC(=O)N2CCNCC2)C2CC2)cc1.O=C(O)C(F)(F)F. The Labute approximate surface area is 191 Å². The summed E-state index contributed by atoms with van der Waals surface area (Å²) in [5.41, 5.74) is 1.12. The number of amides is 1. The van der Waals surface area contributed by atoms with E-state index in [9.17, 15) is 26.4 Å². The van der Waals surface area contributed by atoms with Crippen molar-refractivity contribution in [1.29, 1.82) is 0 Å². The maximum Gasteiger partial charge on any atom is 0.490 e. The number of hydrogen-bond donors (Lipinski definition) is 2. The Kier molecular flexibility index (Phi) is 9.27. The summed E-state index contributed by atoms with van der Waals surface area (Å²) in [4.78, 5) is 23.4. The molecule has 0 spiro atoms. The summed E-state index contributed by atoms with van der Waals surface area (Å²) in [6.45, 7) is 7.44. The number of hydrogen-bond acceptors (Lipinski definition) is 5. The molecule has 2 N–H and O–H groups in total. The molecular formula is C21H30F3N3O5S. The molecule has 2 aliphatic rings. The van der Waals surface area contributed by atoms with Crippen LogP contribution in [-0.2, 0) is 19.6 Å². The van der Waals surface area contributed by atoms with Gasteiger partial charge in [-0.15, -0.1) is 0 Å². The van der Waals surface area contributed by atoms with Crippen LogP contribution in [0.1, 0.15) is 44.6 Å². The highest BCUT2D eigenvalue weighted by atomic mass is 32.2. The number of carbonyl (C=O) groups is 2. The molecule has 1 heterocycles. The molecule has 1 saturated carbocycles.